The molecule has 0 aliphatic carbocycles. The fourth-order valence-electron chi connectivity index (χ4n) is 3.84. The zero-order valence-corrected chi connectivity index (χ0v) is 15.9. The van der Waals surface area contributed by atoms with Crippen molar-refractivity contribution in [2.45, 2.75) is 18.9 Å². The van der Waals surface area contributed by atoms with E-state index in [9.17, 15) is 4.79 Å². The predicted octanol–water partition coefficient (Wildman–Crippen LogP) is 2.95. The third-order valence-corrected chi connectivity index (χ3v) is 5.46. The number of halogens is 1. The molecule has 2 fully saturated rings. The van der Waals surface area contributed by atoms with Crippen LogP contribution in [0.3, 0.4) is 0 Å². The maximum absolute atomic E-state index is 13.1. The molecule has 2 aliphatic heterocycles. The van der Waals surface area contributed by atoms with Crippen LogP contribution in [-0.2, 0) is 9.53 Å². The first-order valence-electron chi connectivity index (χ1n) is 9.40. The Morgan fingerprint density at radius 1 is 1.07 bits per heavy atom. The Balaban J connectivity index is 1.41. The standard InChI is InChI=1S/C20H23ClN4O2/c21-18-8-9-19(23-22-18)24-10-4-7-16(13-24)20(26)25-11-12-27-17(14-25)15-5-2-1-3-6-15/h1-3,5-6,8-9,16-17H,4,7,10-14H2. The van der Waals surface area contributed by atoms with Crippen molar-refractivity contribution in [3.05, 3.63) is 53.2 Å². The first-order chi connectivity index (χ1) is 13.2. The summed E-state index contributed by atoms with van der Waals surface area (Å²) in [7, 11) is 0. The van der Waals surface area contributed by atoms with Gasteiger partial charge in [0.25, 0.3) is 0 Å². The monoisotopic (exact) mass is 386 g/mol. The van der Waals surface area contributed by atoms with E-state index in [1.165, 1.54) is 0 Å². The second kappa shape index (κ2) is 8.23. The van der Waals surface area contributed by atoms with Crippen molar-refractivity contribution in [1.29, 1.82) is 0 Å². The average Bonchev–Trinajstić information content (AvgIpc) is 2.74. The smallest absolute Gasteiger partial charge is 0.227 e. The van der Waals surface area contributed by atoms with Crippen LogP contribution < -0.4 is 4.90 Å². The van der Waals surface area contributed by atoms with E-state index in [-0.39, 0.29) is 17.9 Å². The lowest BCUT2D eigenvalue weighted by Gasteiger charge is -2.38. The highest BCUT2D eigenvalue weighted by molar-refractivity contribution is 6.29. The minimum Gasteiger partial charge on any atom is -0.370 e. The quantitative estimate of drug-likeness (QED) is 0.811. The van der Waals surface area contributed by atoms with E-state index in [2.05, 4.69) is 27.2 Å². The highest BCUT2D eigenvalue weighted by Gasteiger charge is 2.33. The SMILES string of the molecule is O=C(C1CCCN(c2ccc(Cl)nn2)C1)N1CCOC(c2ccccc2)C1. The van der Waals surface area contributed by atoms with Gasteiger partial charge in [-0.25, -0.2) is 0 Å². The molecule has 0 radical (unpaired) electrons. The lowest BCUT2D eigenvalue weighted by atomic mass is 9.95. The third kappa shape index (κ3) is 4.22. The van der Waals surface area contributed by atoms with Gasteiger partial charge in [-0.05, 0) is 30.5 Å². The van der Waals surface area contributed by atoms with Crippen LogP contribution in [0.1, 0.15) is 24.5 Å². The topological polar surface area (TPSA) is 58.6 Å². The second-order valence-corrected chi connectivity index (χ2v) is 7.44. The van der Waals surface area contributed by atoms with E-state index in [4.69, 9.17) is 16.3 Å². The number of aromatic nitrogens is 2. The largest absolute Gasteiger partial charge is 0.370 e. The number of anilines is 1. The molecule has 27 heavy (non-hydrogen) atoms. The first kappa shape index (κ1) is 18.2. The van der Waals surface area contributed by atoms with E-state index in [1.54, 1.807) is 6.07 Å². The zero-order chi connectivity index (χ0) is 18.6. The van der Waals surface area contributed by atoms with Gasteiger partial charge in [-0.15, -0.1) is 10.2 Å². The highest BCUT2D eigenvalue weighted by Crippen LogP contribution is 2.27. The molecule has 3 heterocycles. The summed E-state index contributed by atoms with van der Waals surface area (Å²) in [5, 5.41) is 8.46. The summed E-state index contributed by atoms with van der Waals surface area (Å²) in [5.41, 5.74) is 1.12. The molecule has 142 valence electrons. The molecule has 2 atom stereocenters. The molecule has 1 aromatic heterocycles. The predicted molar refractivity (Wildman–Crippen MR) is 104 cm³/mol. The Hall–Kier alpha value is -2.18. The number of carbonyl (C=O) groups excluding carboxylic acids is 1. The molecule has 4 rings (SSSR count). The summed E-state index contributed by atoms with van der Waals surface area (Å²) in [6, 6.07) is 13.7. The van der Waals surface area contributed by atoms with Crippen molar-refractivity contribution in [2.75, 3.05) is 37.7 Å². The molecule has 6 nitrogen and oxygen atoms in total. The first-order valence-corrected chi connectivity index (χ1v) is 9.78. The summed E-state index contributed by atoms with van der Waals surface area (Å²) in [5.74, 6) is 0.970. The van der Waals surface area contributed by atoms with Crippen molar-refractivity contribution in [3.63, 3.8) is 0 Å². The van der Waals surface area contributed by atoms with Crippen LogP contribution in [0.25, 0.3) is 0 Å². The number of benzene rings is 1. The van der Waals surface area contributed by atoms with Crippen LogP contribution in [0.5, 0.6) is 0 Å². The molecule has 0 saturated carbocycles. The van der Waals surface area contributed by atoms with Crippen molar-refractivity contribution >= 4 is 23.3 Å². The van der Waals surface area contributed by atoms with E-state index in [0.29, 0.717) is 31.4 Å². The van der Waals surface area contributed by atoms with Gasteiger partial charge in [-0.3, -0.25) is 4.79 Å². The number of carbonyl (C=O) groups is 1. The van der Waals surface area contributed by atoms with Gasteiger partial charge in [0.1, 0.15) is 6.10 Å². The third-order valence-electron chi connectivity index (χ3n) is 5.26. The van der Waals surface area contributed by atoms with Crippen molar-refractivity contribution < 1.29 is 9.53 Å². The molecule has 1 aromatic carbocycles. The molecule has 0 spiro atoms. The highest BCUT2D eigenvalue weighted by atomic mass is 35.5. The van der Waals surface area contributed by atoms with Gasteiger partial charge in [-0.1, -0.05) is 41.9 Å². The van der Waals surface area contributed by atoms with Gasteiger partial charge in [0, 0.05) is 19.6 Å². The second-order valence-electron chi connectivity index (χ2n) is 7.05. The minimum absolute atomic E-state index is 0.0225. The van der Waals surface area contributed by atoms with E-state index in [1.807, 2.05) is 29.2 Å². The van der Waals surface area contributed by atoms with Crippen molar-refractivity contribution in [2.24, 2.45) is 5.92 Å². The van der Waals surface area contributed by atoms with Crippen LogP contribution in [0, 0.1) is 5.92 Å². The fourth-order valence-corrected chi connectivity index (χ4v) is 3.94. The van der Waals surface area contributed by atoms with E-state index < -0.39 is 0 Å². The molecular formula is C20H23ClN4O2. The number of nitrogens with zero attached hydrogens (tertiary/aromatic N) is 4. The van der Waals surface area contributed by atoms with Gasteiger partial charge in [0.15, 0.2) is 11.0 Å². The Morgan fingerprint density at radius 3 is 2.70 bits per heavy atom. The number of amides is 1. The van der Waals surface area contributed by atoms with Crippen LogP contribution >= 0.6 is 11.6 Å². The Bertz CT molecular complexity index is 771. The summed E-state index contributed by atoms with van der Waals surface area (Å²) in [6.07, 6.45) is 1.82. The van der Waals surface area contributed by atoms with Crippen LogP contribution in [-0.4, -0.2) is 53.8 Å². The number of hydrogen-bond acceptors (Lipinski definition) is 5. The molecule has 2 aromatic rings. The molecule has 7 heteroatoms. The lowest BCUT2D eigenvalue weighted by molar-refractivity contribution is -0.143. The molecule has 0 N–H and O–H groups in total. The number of morpholine rings is 1. The number of ether oxygens (including phenoxy) is 1. The summed E-state index contributed by atoms with van der Waals surface area (Å²) < 4.78 is 5.90. The normalized spacial score (nSPS) is 23.3. The Kier molecular flexibility index (Phi) is 5.55. The summed E-state index contributed by atoms with van der Waals surface area (Å²) >= 11 is 5.83. The number of piperidine rings is 1. The molecule has 0 bridgehead atoms. The van der Waals surface area contributed by atoms with Gasteiger partial charge >= 0.3 is 0 Å². The summed E-state index contributed by atoms with van der Waals surface area (Å²) in [4.78, 5) is 17.2. The molecular weight excluding hydrogens is 364 g/mol. The number of rotatable bonds is 3. The fraction of sp³-hybridized carbons (Fsp3) is 0.450. The zero-order valence-electron chi connectivity index (χ0n) is 15.1. The van der Waals surface area contributed by atoms with E-state index >= 15 is 0 Å². The molecule has 1 amide bonds. The average molecular weight is 387 g/mol. The van der Waals surface area contributed by atoms with Gasteiger partial charge in [-0.2, -0.15) is 0 Å². The van der Waals surface area contributed by atoms with Crippen molar-refractivity contribution in [1.82, 2.24) is 15.1 Å². The minimum atomic E-state index is -0.0503. The maximum Gasteiger partial charge on any atom is 0.227 e. The van der Waals surface area contributed by atoms with Crippen LogP contribution in [0.4, 0.5) is 5.82 Å². The Morgan fingerprint density at radius 2 is 1.93 bits per heavy atom. The molecule has 2 aliphatic rings. The van der Waals surface area contributed by atoms with Crippen LogP contribution in [0.2, 0.25) is 5.15 Å². The van der Waals surface area contributed by atoms with Gasteiger partial charge in [0.05, 0.1) is 19.1 Å². The lowest BCUT2D eigenvalue weighted by Crippen LogP contribution is -2.49. The summed E-state index contributed by atoms with van der Waals surface area (Å²) in [6.45, 7) is 3.39. The van der Waals surface area contributed by atoms with Gasteiger partial charge < -0.3 is 14.5 Å². The maximum atomic E-state index is 13.1. The molecule has 2 unspecified atom stereocenters. The number of hydrogen-bond donors (Lipinski definition) is 0. The van der Waals surface area contributed by atoms with Crippen LogP contribution in [0.15, 0.2) is 42.5 Å². The van der Waals surface area contributed by atoms with Crippen molar-refractivity contribution in [3.8, 4) is 0 Å². The molecule has 2 saturated heterocycles. The van der Waals surface area contributed by atoms with E-state index in [0.717, 1.165) is 30.8 Å². The Labute approximate surface area is 164 Å². The van der Waals surface area contributed by atoms with Gasteiger partial charge in [0.2, 0.25) is 5.91 Å².